The third-order valence-corrected chi connectivity index (χ3v) is 5.47. The maximum absolute atomic E-state index is 12.6. The van der Waals surface area contributed by atoms with Crippen LogP contribution in [-0.2, 0) is 18.8 Å². The minimum absolute atomic E-state index is 0.0865. The number of rotatable bonds is 4. The lowest BCUT2D eigenvalue weighted by Gasteiger charge is -2.31. The Morgan fingerprint density at radius 2 is 1.86 bits per heavy atom. The summed E-state index contributed by atoms with van der Waals surface area (Å²) in [4.78, 5) is 18.1. The van der Waals surface area contributed by atoms with E-state index in [1.165, 1.54) is 13.5 Å². The highest BCUT2D eigenvalue weighted by atomic mass is 79.9. The molecule has 1 aliphatic heterocycles. The van der Waals surface area contributed by atoms with Crippen LogP contribution in [0.25, 0.3) is 5.76 Å². The van der Waals surface area contributed by atoms with Gasteiger partial charge in [-0.2, -0.15) is 4.33 Å². The number of ether oxygens (including phenoxy) is 1. The van der Waals surface area contributed by atoms with E-state index in [2.05, 4.69) is 20.8 Å². The summed E-state index contributed by atoms with van der Waals surface area (Å²) in [7, 11) is 1.46. The van der Waals surface area contributed by atoms with E-state index in [1.807, 2.05) is 24.3 Å². The lowest BCUT2D eigenvalue weighted by molar-refractivity contribution is -0.160. The van der Waals surface area contributed by atoms with Gasteiger partial charge in [0.1, 0.15) is 10.2 Å². The Kier molecular flexibility index (Phi) is 4.92. The van der Waals surface area contributed by atoms with E-state index in [1.54, 1.807) is 0 Å². The fourth-order valence-electron chi connectivity index (χ4n) is 2.96. The first-order valence-corrected chi connectivity index (χ1v) is 8.81. The fourth-order valence-corrected chi connectivity index (χ4v) is 4.03. The van der Waals surface area contributed by atoms with Crippen molar-refractivity contribution in [3.8, 4) is 0 Å². The predicted octanol–water partition coefficient (Wildman–Crippen LogP) is 4.64. The number of carbonyl (C=O) groups is 1. The van der Waals surface area contributed by atoms with E-state index in [4.69, 9.17) is 9.07 Å². The number of hydrogen-bond acceptors (Lipinski definition) is 5. The number of benzene rings is 1. The number of ketones is 1. The highest BCUT2D eigenvalue weighted by Crippen LogP contribution is 2.46. The van der Waals surface area contributed by atoms with Crippen LogP contribution in [0.1, 0.15) is 37.7 Å². The quantitative estimate of drug-likeness (QED) is 0.429. The minimum Gasteiger partial charge on any atom is -0.477 e. The average Bonchev–Trinajstić information content (AvgIpc) is 2.80. The Bertz CT molecular complexity index is 591. The van der Waals surface area contributed by atoms with Crippen LogP contribution in [0.15, 0.2) is 33.6 Å². The molecule has 6 heteroatoms. The van der Waals surface area contributed by atoms with Crippen molar-refractivity contribution < 1.29 is 18.8 Å². The maximum Gasteiger partial charge on any atom is 0.217 e. The molecule has 0 N–H and O–H groups in total. The summed E-state index contributed by atoms with van der Waals surface area (Å²) in [6.07, 6.45) is 4.88. The Balaban J connectivity index is 1.80. The molecule has 0 atom stereocenters. The molecule has 0 unspecified atom stereocenters. The van der Waals surface area contributed by atoms with E-state index in [0.29, 0.717) is 10.2 Å². The first-order valence-electron chi connectivity index (χ1n) is 7.28. The van der Waals surface area contributed by atoms with Gasteiger partial charge in [-0.05, 0) is 53.7 Å². The second kappa shape index (κ2) is 6.74. The van der Waals surface area contributed by atoms with Crippen LogP contribution >= 0.6 is 28.0 Å². The van der Waals surface area contributed by atoms with Crippen LogP contribution < -0.4 is 0 Å². The highest BCUT2D eigenvalue weighted by Gasteiger charge is 2.49. The third-order valence-electron chi connectivity index (χ3n) is 4.09. The van der Waals surface area contributed by atoms with Crippen molar-refractivity contribution in [3.63, 3.8) is 0 Å². The summed E-state index contributed by atoms with van der Waals surface area (Å²) < 4.78 is 11.5. The van der Waals surface area contributed by atoms with Gasteiger partial charge in [0.2, 0.25) is 5.78 Å². The highest BCUT2D eigenvalue weighted by molar-refractivity contribution is 9.12. The van der Waals surface area contributed by atoms with E-state index >= 15 is 0 Å². The van der Waals surface area contributed by atoms with Crippen molar-refractivity contribution in [1.29, 1.82) is 0 Å². The smallest absolute Gasteiger partial charge is 0.217 e. The zero-order valence-electron chi connectivity index (χ0n) is 12.3. The molecule has 1 aromatic rings. The van der Waals surface area contributed by atoms with Gasteiger partial charge in [0.15, 0.2) is 5.60 Å². The third kappa shape index (κ3) is 2.97. The molecule has 1 saturated carbocycles. The van der Waals surface area contributed by atoms with Gasteiger partial charge in [-0.1, -0.05) is 18.6 Å². The van der Waals surface area contributed by atoms with Crippen LogP contribution in [-0.4, -0.2) is 18.5 Å². The zero-order valence-corrected chi connectivity index (χ0v) is 14.7. The molecular weight excluding hydrogens is 368 g/mol. The number of Topliss-reactive ketones (excluding diaryl/α,β-unsaturated/α-hetero) is 1. The molecule has 1 fully saturated rings. The molecule has 0 saturated heterocycles. The van der Waals surface area contributed by atoms with Crippen molar-refractivity contribution in [1.82, 2.24) is 0 Å². The van der Waals surface area contributed by atoms with Gasteiger partial charge in [0.05, 0.1) is 19.2 Å². The zero-order chi connectivity index (χ0) is 15.6. The Hall–Kier alpha value is -0.820. The monoisotopic (exact) mass is 384 g/mol. The molecule has 0 radical (unpaired) electrons. The molecule has 1 aliphatic carbocycles. The Morgan fingerprint density at radius 1 is 1.18 bits per heavy atom. The van der Waals surface area contributed by atoms with Crippen molar-refractivity contribution >= 4 is 39.5 Å². The molecule has 0 amide bonds. The first-order chi connectivity index (χ1) is 10.7. The standard InChI is InChI=1S/C16H17BrO4S/c1-19-21-22-12-7-5-11(6-8-12)14-13(17)15(18)16(20-14)9-3-2-4-10-16/h5-8H,2-4,9-10H2,1H3. The van der Waals surface area contributed by atoms with Crippen LogP contribution in [0.2, 0.25) is 0 Å². The molecule has 1 aromatic carbocycles. The molecule has 1 spiro atoms. The van der Waals surface area contributed by atoms with Gasteiger partial charge in [0.25, 0.3) is 0 Å². The van der Waals surface area contributed by atoms with Crippen LogP contribution in [0.5, 0.6) is 0 Å². The van der Waals surface area contributed by atoms with Crippen LogP contribution in [0.3, 0.4) is 0 Å². The Labute approximate surface area is 142 Å². The second-order valence-corrected chi connectivity index (χ2v) is 7.04. The molecule has 1 heterocycles. The van der Waals surface area contributed by atoms with Gasteiger partial charge >= 0.3 is 0 Å². The maximum atomic E-state index is 12.6. The topological polar surface area (TPSA) is 44.8 Å². The van der Waals surface area contributed by atoms with E-state index < -0.39 is 5.60 Å². The molecule has 0 bridgehead atoms. The SMILES string of the molecule is COOSc1ccc(C2=C(Br)C(=O)C3(CCCCC3)O2)cc1. The van der Waals surface area contributed by atoms with Crippen LogP contribution in [0, 0.1) is 0 Å². The summed E-state index contributed by atoms with van der Waals surface area (Å²) in [5.41, 5.74) is 0.253. The van der Waals surface area contributed by atoms with Crippen LogP contribution in [0.4, 0.5) is 0 Å². The lowest BCUT2D eigenvalue weighted by atomic mass is 9.82. The summed E-state index contributed by atoms with van der Waals surface area (Å²) in [5.74, 6) is 0.736. The predicted molar refractivity (Wildman–Crippen MR) is 88.1 cm³/mol. The minimum atomic E-state index is -0.640. The van der Waals surface area contributed by atoms with Crippen molar-refractivity contribution in [2.45, 2.75) is 42.6 Å². The molecular formula is C16H17BrO4S. The molecule has 2 aliphatic rings. The molecule has 4 nitrogen and oxygen atoms in total. The lowest BCUT2D eigenvalue weighted by Crippen LogP contribution is -2.39. The fraction of sp³-hybridized carbons (Fsp3) is 0.438. The van der Waals surface area contributed by atoms with Crippen molar-refractivity contribution in [3.05, 3.63) is 34.3 Å². The van der Waals surface area contributed by atoms with Gasteiger partial charge in [-0.25, -0.2) is 4.89 Å². The second-order valence-electron chi connectivity index (χ2n) is 5.47. The summed E-state index contributed by atoms with van der Waals surface area (Å²) in [6, 6.07) is 7.66. The number of carbonyl (C=O) groups excluding carboxylic acids is 1. The van der Waals surface area contributed by atoms with Gasteiger partial charge in [-0.15, -0.1) is 0 Å². The molecule has 118 valence electrons. The summed E-state index contributed by atoms with van der Waals surface area (Å²) >= 11 is 4.57. The summed E-state index contributed by atoms with van der Waals surface area (Å²) in [5, 5.41) is 0. The largest absolute Gasteiger partial charge is 0.477 e. The van der Waals surface area contributed by atoms with Crippen molar-refractivity contribution in [2.24, 2.45) is 0 Å². The van der Waals surface area contributed by atoms with Crippen molar-refractivity contribution in [2.75, 3.05) is 7.11 Å². The number of hydrogen-bond donors (Lipinski definition) is 0. The molecule has 3 rings (SSSR count). The van der Waals surface area contributed by atoms with Gasteiger partial charge in [0, 0.05) is 10.5 Å². The van der Waals surface area contributed by atoms with E-state index in [0.717, 1.165) is 48.2 Å². The molecule has 0 aromatic heterocycles. The van der Waals surface area contributed by atoms with Gasteiger partial charge < -0.3 is 4.74 Å². The Morgan fingerprint density at radius 3 is 2.50 bits per heavy atom. The van der Waals surface area contributed by atoms with Gasteiger partial charge in [-0.3, -0.25) is 4.79 Å². The first kappa shape index (κ1) is 16.1. The van der Waals surface area contributed by atoms with E-state index in [9.17, 15) is 4.79 Å². The summed E-state index contributed by atoms with van der Waals surface area (Å²) in [6.45, 7) is 0. The number of halogens is 1. The van der Waals surface area contributed by atoms with E-state index in [-0.39, 0.29) is 5.78 Å². The molecule has 22 heavy (non-hydrogen) atoms. The normalized spacial score (nSPS) is 20.5. The average molecular weight is 385 g/mol.